The molecule has 2 fully saturated rings. The molecule has 0 bridgehead atoms. The van der Waals surface area contributed by atoms with Gasteiger partial charge in [-0.3, -0.25) is 14.0 Å². The Hall–Kier alpha value is -3.69. The lowest BCUT2D eigenvalue weighted by molar-refractivity contribution is -0.137. The van der Waals surface area contributed by atoms with Gasteiger partial charge in [-0.15, -0.1) is 0 Å². The molecule has 1 amide bonds. The van der Waals surface area contributed by atoms with E-state index in [0.717, 1.165) is 48.9 Å². The van der Waals surface area contributed by atoms with Crippen molar-refractivity contribution >= 4 is 22.3 Å². The lowest BCUT2D eigenvalue weighted by Gasteiger charge is -2.57. The molecule has 3 heterocycles. The molecular weight excluding hydrogens is 447 g/mol. The number of halogens is 3. The fourth-order valence-corrected chi connectivity index (χ4v) is 5.63. The third-order valence-electron chi connectivity index (χ3n) is 7.24. The van der Waals surface area contributed by atoms with Crippen molar-refractivity contribution in [2.45, 2.75) is 43.8 Å². The van der Waals surface area contributed by atoms with Crippen molar-refractivity contribution in [1.29, 1.82) is 0 Å². The van der Waals surface area contributed by atoms with Crippen molar-refractivity contribution < 1.29 is 18.0 Å². The average Bonchev–Trinajstić information content (AvgIpc) is 3.18. The van der Waals surface area contributed by atoms with Crippen LogP contribution in [0.25, 0.3) is 16.4 Å². The molecule has 174 valence electrons. The maximum absolute atomic E-state index is 12.9. The number of fused-ring (bicyclic) bond motifs is 2. The lowest BCUT2D eigenvalue weighted by Crippen LogP contribution is -2.55. The van der Waals surface area contributed by atoms with Crippen LogP contribution in [0.2, 0.25) is 0 Å². The molecule has 0 unspecified atom stereocenters. The highest BCUT2D eigenvalue weighted by molar-refractivity contribution is 5.93. The van der Waals surface area contributed by atoms with Gasteiger partial charge in [0.15, 0.2) is 0 Å². The van der Waals surface area contributed by atoms with Crippen LogP contribution in [0.5, 0.6) is 0 Å². The second-order valence-corrected chi connectivity index (χ2v) is 9.45. The molecule has 0 radical (unpaired) electrons. The predicted molar refractivity (Wildman–Crippen MR) is 117 cm³/mol. The van der Waals surface area contributed by atoms with Gasteiger partial charge >= 0.3 is 6.18 Å². The molecule has 2 aliphatic rings. The van der Waals surface area contributed by atoms with Crippen molar-refractivity contribution in [3.05, 3.63) is 76.1 Å². The topological polar surface area (TPSA) is 92.1 Å². The number of aromatic nitrogens is 4. The molecule has 10 heteroatoms. The molecule has 2 N–H and O–H groups in total. The van der Waals surface area contributed by atoms with Gasteiger partial charge in [0, 0.05) is 23.5 Å². The van der Waals surface area contributed by atoms with Crippen LogP contribution >= 0.6 is 0 Å². The Morgan fingerprint density at radius 1 is 1.12 bits per heavy atom. The van der Waals surface area contributed by atoms with Crippen molar-refractivity contribution in [3.63, 3.8) is 0 Å². The Bertz CT molecular complexity index is 1490. The average molecular weight is 467 g/mol. The molecule has 2 aliphatic carbocycles. The summed E-state index contributed by atoms with van der Waals surface area (Å²) in [7, 11) is 0. The maximum Gasteiger partial charge on any atom is 0.416 e. The van der Waals surface area contributed by atoms with E-state index < -0.39 is 11.7 Å². The molecule has 0 aliphatic heterocycles. The number of carbonyl (C=O) groups excluding carboxylic acids is 1. The predicted octanol–water partition coefficient (Wildman–Crippen LogP) is 4.05. The number of nitrogens with one attached hydrogen (secondary N) is 2. The quantitative estimate of drug-likeness (QED) is 0.476. The highest BCUT2D eigenvalue weighted by atomic mass is 19.4. The molecule has 2 saturated carbocycles. The summed E-state index contributed by atoms with van der Waals surface area (Å²) in [4.78, 5) is 28.7. The van der Waals surface area contributed by atoms with Crippen LogP contribution in [0.4, 0.5) is 13.2 Å². The van der Waals surface area contributed by atoms with E-state index in [-0.39, 0.29) is 40.2 Å². The van der Waals surface area contributed by atoms with Crippen molar-refractivity contribution in [3.8, 4) is 0 Å². The third kappa shape index (κ3) is 3.27. The Morgan fingerprint density at radius 3 is 2.59 bits per heavy atom. The van der Waals surface area contributed by atoms with Crippen LogP contribution in [0.1, 0.15) is 53.3 Å². The van der Waals surface area contributed by atoms with Gasteiger partial charge in [-0.05, 0) is 49.3 Å². The molecule has 4 aromatic rings. The first-order valence-corrected chi connectivity index (χ1v) is 11.0. The van der Waals surface area contributed by atoms with E-state index >= 15 is 0 Å². The number of nitrogens with zero attached hydrogens (tertiary/aromatic N) is 3. The fraction of sp³-hybridized carbons (Fsp3) is 0.333. The van der Waals surface area contributed by atoms with Gasteiger partial charge < -0.3 is 5.32 Å². The van der Waals surface area contributed by atoms with Gasteiger partial charge in [0.25, 0.3) is 11.5 Å². The molecule has 3 aromatic heterocycles. The van der Waals surface area contributed by atoms with E-state index in [4.69, 9.17) is 0 Å². The standard InChI is InChI=1S/C24H20F3N5O2/c25-24(26,27)14-5-6-32-18(12-28-19(32)7-14)22(34)29-15-10-23(11-15)8-13(9-23)20-16-3-1-2-4-17(16)21(33)31-30-20/h1-7,12-13,15H,8-11H2,(H,29,34)(H,31,33). The van der Waals surface area contributed by atoms with Gasteiger partial charge in [0.05, 0.1) is 22.8 Å². The highest BCUT2D eigenvalue weighted by Crippen LogP contribution is 2.62. The van der Waals surface area contributed by atoms with E-state index in [1.54, 1.807) is 6.07 Å². The highest BCUT2D eigenvalue weighted by Gasteiger charge is 2.54. The lowest BCUT2D eigenvalue weighted by atomic mass is 9.49. The third-order valence-corrected chi connectivity index (χ3v) is 7.24. The summed E-state index contributed by atoms with van der Waals surface area (Å²) in [6.07, 6.45) is 1.62. The van der Waals surface area contributed by atoms with Crippen molar-refractivity contribution in [2.24, 2.45) is 5.41 Å². The van der Waals surface area contributed by atoms with Crippen LogP contribution in [0.15, 0.2) is 53.6 Å². The Labute approximate surface area is 191 Å². The minimum absolute atomic E-state index is 0.00809. The SMILES string of the molecule is O=C(NC1CC2(C1)CC(c1n[nH]c(=O)c3ccccc13)C2)c1cnc2cc(C(F)(F)F)ccn12. The van der Waals surface area contributed by atoms with Gasteiger partial charge in [-0.1, -0.05) is 18.2 Å². The zero-order valence-corrected chi connectivity index (χ0v) is 17.9. The minimum atomic E-state index is -4.46. The van der Waals surface area contributed by atoms with Gasteiger partial charge in [-0.25, -0.2) is 10.1 Å². The fourth-order valence-electron chi connectivity index (χ4n) is 5.63. The summed E-state index contributed by atoms with van der Waals surface area (Å²) in [6.45, 7) is 0. The number of pyridine rings is 1. The van der Waals surface area contributed by atoms with E-state index in [2.05, 4.69) is 20.5 Å². The number of carbonyl (C=O) groups is 1. The molecule has 34 heavy (non-hydrogen) atoms. The second-order valence-electron chi connectivity index (χ2n) is 9.45. The summed E-state index contributed by atoms with van der Waals surface area (Å²) in [5, 5.41) is 11.4. The van der Waals surface area contributed by atoms with Crippen LogP contribution < -0.4 is 10.9 Å². The van der Waals surface area contributed by atoms with E-state index in [1.807, 2.05) is 18.2 Å². The number of alkyl halides is 3. The molecular formula is C24H20F3N5O2. The zero-order valence-electron chi connectivity index (χ0n) is 17.9. The van der Waals surface area contributed by atoms with Gasteiger partial charge in [0.2, 0.25) is 0 Å². The number of H-pyrrole nitrogens is 1. The molecule has 7 nitrogen and oxygen atoms in total. The Kier molecular flexibility index (Phi) is 4.39. The Morgan fingerprint density at radius 2 is 1.85 bits per heavy atom. The largest absolute Gasteiger partial charge is 0.416 e. The molecule has 0 atom stereocenters. The molecule has 6 rings (SSSR count). The molecule has 0 saturated heterocycles. The molecule has 1 spiro atoms. The summed E-state index contributed by atoms with van der Waals surface area (Å²) >= 11 is 0. The number of hydrogen-bond donors (Lipinski definition) is 2. The van der Waals surface area contributed by atoms with E-state index in [9.17, 15) is 22.8 Å². The second kappa shape index (κ2) is 7.15. The number of amides is 1. The number of aromatic amines is 1. The van der Waals surface area contributed by atoms with Gasteiger partial charge in [0.1, 0.15) is 11.3 Å². The summed E-state index contributed by atoms with van der Waals surface area (Å²) in [5.74, 6) is -0.0868. The maximum atomic E-state index is 12.9. The zero-order chi connectivity index (χ0) is 23.7. The summed E-state index contributed by atoms with van der Waals surface area (Å²) in [5.41, 5.74) is 0.359. The number of imidazole rings is 1. The first-order chi connectivity index (χ1) is 16.2. The summed E-state index contributed by atoms with van der Waals surface area (Å²) < 4.78 is 40.1. The van der Waals surface area contributed by atoms with Crippen LogP contribution in [-0.2, 0) is 6.18 Å². The van der Waals surface area contributed by atoms with Crippen molar-refractivity contribution in [2.75, 3.05) is 0 Å². The monoisotopic (exact) mass is 467 g/mol. The van der Waals surface area contributed by atoms with E-state index in [1.165, 1.54) is 16.8 Å². The first-order valence-electron chi connectivity index (χ1n) is 11.0. The van der Waals surface area contributed by atoms with E-state index in [0.29, 0.717) is 5.39 Å². The molecule has 1 aromatic carbocycles. The van der Waals surface area contributed by atoms with Crippen LogP contribution in [0, 0.1) is 5.41 Å². The number of rotatable bonds is 3. The van der Waals surface area contributed by atoms with Gasteiger partial charge in [-0.2, -0.15) is 18.3 Å². The normalized spacial score (nSPS) is 24.2. The van der Waals surface area contributed by atoms with Crippen molar-refractivity contribution in [1.82, 2.24) is 24.9 Å². The van der Waals surface area contributed by atoms with Crippen LogP contribution in [0.3, 0.4) is 0 Å². The number of hydrogen-bond acceptors (Lipinski definition) is 4. The number of benzene rings is 1. The minimum Gasteiger partial charge on any atom is -0.348 e. The smallest absolute Gasteiger partial charge is 0.348 e. The first kappa shape index (κ1) is 20.9. The summed E-state index contributed by atoms with van der Waals surface area (Å²) in [6, 6.07) is 9.34. The van der Waals surface area contributed by atoms with Crippen LogP contribution in [-0.4, -0.2) is 31.5 Å². The Balaban J connectivity index is 1.10.